The SMILES string of the molecule is CCOC(CC)C(N)Cc1nn(C)c2ccccc12. The third-order valence-corrected chi connectivity index (χ3v) is 3.52. The van der Waals surface area contributed by atoms with Gasteiger partial charge in [0.25, 0.3) is 0 Å². The molecular weight excluding hydrogens is 238 g/mol. The van der Waals surface area contributed by atoms with Crippen LogP contribution in [0.1, 0.15) is 26.0 Å². The fourth-order valence-electron chi connectivity index (χ4n) is 2.55. The molecule has 0 saturated carbocycles. The molecule has 2 aromatic rings. The molecule has 0 saturated heterocycles. The first kappa shape index (κ1) is 14.0. The number of aryl methyl sites for hydroxylation is 1. The van der Waals surface area contributed by atoms with Crippen molar-refractivity contribution >= 4 is 10.9 Å². The predicted molar refractivity (Wildman–Crippen MR) is 78.1 cm³/mol. The average molecular weight is 261 g/mol. The van der Waals surface area contributed by atoms with Crippen LogP contribution in [-0.2, 0) is 18.2 Å². The summed E-state index contributed by atoms with van der Waals surface area (Å²) >= 11 is 0. The molecule has 1 aromatic carbocycles. The highest BCUT2D eigenvalue weighted by Crippen LogP contribution is 2.19. The zero-order valence-electron chi connectivity index (χ0n) is 12.0. The zero-order valence-corrected chi connectivity index (χ0v) is 12.0. The fourth-order valence-corrected chi connectivity index (χ4v) is 2.55. The summed E-state index contributed by atoms with van der Waals surface area (Å²) in [6.45, 7) is 4.82. The molecule has 0 amide bonds. The lowest BCUT2D eigenvalue weighted by Gasteiger charge is -2.21. The maximum absolute atomic E-state index is 6.27. The van der Waals surface area contributed by atoms with E-state index < -0.39 is 0 Å². The number of hydrogen-bond acceptors (Lipinski definition) is 3. The van der Waals surface area contributed by atoms with Crippen LogP contribution in [0.25, 0.3) is 10.9 Å². The number of nitrogens with two attached hydrogens (primary N) is 1. The summed E-state index contributed by atoms with van der Waals surface area (Å²) in [6, 6.07) is 8.24. The van der Waals surface area contributed by atoms with E-state index in [9.17, 15) is 0 Å². The predicted octanol–water partition coefficient (Wildman–Crippen LogP) is 2.26. The van der Waals surface area contributed by atoms with E-state index in [1.54, 1.807) is 0 Å². The number of nitrogens with zero attached hydrogens (tertiary/aromatic N) is 2. The maximum Gasteiger partial charge on any atom is 0.0727 e. The molecule has 0 radical (unpaired) electrons. The van der Waals surface area contributed by atoms with E-state index in [2.05, 4.69) is 24.2 Å². The van der Waals surface area contributed by atoms with Crippen molar-refractivity contribution in [2.75, 3.05) is 6.61 Å². The molecule has 1 aromatic heterocycles. The van der Waals surface area contributed by atoms with Gasteiger partial charge in [0.05, 0.1) is 17.3 Å². The number of ether oxygens (including phenoxy) is 1. The van der Waals surface area contributed by atoms with Crippen molar-refractivity contribution in [2.45, 2.75) is 38.8 Å². The van der Waals surface area contributed by atoms with Gasteiger partial charge in [0, 0.05) is 31.5 Å². The Hall–Kier alpha value is -1.39. The highest BCUT2D eigenvalue weighted by atomic mass is 16.5. The normalized spacial score (nSPS) is 14.7. The number of para-hydroxylation sites is 1. The molecule has 0 aliphatic carbocycles. The van der Waals surface area contributed by atoms with Crippen LogP contribution in [0, 0.1) is 0 Å². The van der Waals surface area contributed by atoms with Crippen molar-refractivity contribution in [3.05, 3.63) is 30.0 Å². The molecule has 0 fully saturated rings. The quantitative estimate of drug-likeness (QED) is 0.867. The molecule has 0 bridgehead atoms. The van der Waals surface area contributed by atoms with Crippen LogP contribution in [0.3, 0.4) is 0 Å². The van der Waals surface area contributed by atoms with E-state index in [0.717, 1.165) is 24.1 Å². The lowest BCUT2D eigenvalue weighted by atomic mass is 10.0. The first-order valence-corrected chi connectivity index (χ1v) is 6.95. The number of hydrogen-bond donors (Lipinski definition) is 1. The first-order valence-electron chi connectivity index (χ1n) is 6.95. The van der Waals surface area contributed by atoms with Gasteiger partial charge >= 0.3 is 0 Å². The van der Waals surface area contributed by atoms with Gasteiger partial charge in [-0.1, -0.05) is 25.1 Å². The van der Waals surface area contributed by atoms with Gasteiger partial charge in [0.1, 0.15) is 0 Å². The van der Waals surface area contributed by atoms with Gasteiger partial charge in [0.2, 0.25) is 0 Å². The second kappa shape index (κ2) is 6.17. The second-order valence-corrected chi connectivity index (χ2v) is 4.86. The lowest BCUT2D eigenvalue weighted by molar-refractivity contribution is 0.0416. The largest absolute Gasteiger partial charge is 0.377 e. The number of rotatable bonds is 6. The Bertz CT molecular complexity index is 535. The van der Waals surface area contributed by atoms with Gasteiger partial charge < -0.3 is 10.5 Å². The van der Waals surface area contributed by atoms with Crippen molar-refractivity contribution in [3.8, 4) is 0 Å². The summed E-state index contributed by atoms with van der Waals surface area (Å²) in [5, 5.41) is 5.77. The summed E-state index contributed by atoms with van der Waals surface area (Å²) < 4.78 is 7.60. The molecule has 19 heavy (non-hydrogen) atoms. The van der Waals surface area contributed by atoms with E-state index in [1.165, 1.54) is 5.39 Å². The molecule has 2 rings (SSSR count). The Morgan fingerprint density at radius 1 is 1.32 bits per heavy atom. The second-order valence-electron chi connectivity index (χ2n) is 4.86. The average Bonchev–Trinajstić information content (AvgIpc) is 2.73. The minimum absolute atomic E-state index is 0.0109. The van der Waals surface area contributed by atoms with Gasteiger partial charge in [0.15, 0.2) is 0 Å². The van der Waals surface area contributed by atoms with E-state index in [4.69, 9.17) is 10.5 Å². The van der Waals surface area contributed by atoms with Crippen molar-refractivity contribution in [1.29, 1.82) is 0 Å². The minimum atomic E-state index is -0.0109. The van der Waals surface area contributed by atoms with Crippen LogP contribution in [0.4, 0.5) is 0 Å². The van der Waals surface area contributed by atoms with Crippen LogP contribution in [0.2, 0.25) is 0 Å². The summed E-state index contributed by atoms with van der Waals surface area (Å²) in [4.78, 5) is 0. The Balaban J connectivity index is 2.21. The van der Waals surface area contributed by atoms with Crippen molar-refractivity contribution in [1.82, 2.24) is 9.78 Å². The van der Waals surface area contributed by atoms with Crippen LogP contribution in [-0.4, -0.2) is 28.5 Å². The van der Waals surface area contributed by atoms with Crippen LogP contribution in [0.15, 0.2) is 24.3 Å². The van der Waals surface area contributed by atoms with E-state index in [-0.39, 0.29) is 12.1 Å². The summed E-state index contributed by atoms with van der Waals surface area (Å²) in [5.41, 5.74) is 8.48. The van der Waals surface area contributed by atoms with Gasteiger partial charge in [-0.05, 0) is 19.4 Å². The molecule has 0 aliphatic rings. The molecule has 4 nitrogen and oxygen atoms in total. The summed E-state index contributed by atoms with van der Waals surface area (Å²) in [5.74, 6) is 0. The van der Waals surface area contributed by atoms with E-state index >= 15 is 0 Å². The molecule has 1 heterocycles. The highest BCUT2D eigenvalue weighted by molar-refractivity contribution is 5.81. The molecule has 4 heteroatoms. The maximum atomic E-state index is 6.27. The molecule has 2 atom stereocenters. The Morgan fingerprint density at radius 2 is 2.05 bits per heavy atom. The Morgan fingerprint density at radius 3 is 2.74 bits per heavy atom. The number of fused-ring (bicyclic) bond motifs is 1. The monoisotopic (exact) mass is 261 g/mol. The van der Waals surface area contributed by atoms with Crippen LogP contribution in [0.5, 0.6) is 0 Å². The molecule has 2 unspecified atom stereocenters. The van der Waals surface area contributed by atoms with Crippen molar-refractivity contribution in [3.63, 3.8) is 0 Å². The molecule has 0 aliphatic heterocycles. The molecule has 0 spiro atoms. The summed E-state index contributed by atoms with van der Waals surface area (Å²) in [7, 11) is 1.97. The minimum Gasteiger partial charge on any atom is -0.377 e. The molecule has 2 N–H and O–H groups in total. The third-order valence-electron chi connectivity index (χ3n) is 3.52. The van der Waals surface area contributed by atoms with Gasteiger partial charge in [-0.25, -0.2) is 0 Å². The summed E-state index contributed by atoms with van der Waals surface area (Å²) in [6.07, 6.45) is 1.78. The van der Waals surface area contributed by atoms with Crippen molar-refractivity contribution < 1.29 is 4.74 Å². The fraction of sp³-hybridized carbons (Fsp3) is 0.533. The van der Waals surface area contributed by atoms with Crippen molar-refractivity contribution in [2.24, 2.45) is 12.8 Å². The Labute approximate surface area is 114 Å². The Kier molecular flexibility index (Phi) is 4.56. The molecular formula is C15H23N3O. The number of benzene rings is 1. The van der Waals surface area contributed by atoms with Gasteiger partial charge in [-0.2, -0.15) is 5.10 Å². The smallest absolute Gasteiger partial charge is 0.0727 e. The zero-order chi connectivity index (χ0) is 13.8. The van der Waals surface area contributed by atoms with Crippen LogP contribution >= 0.6 is 0 Å². The van der Waals surface area contributed by atoms with Gasteiger partial charge in [-0.3, -0.25) is 4.68 Å². The third kappa shape index (κ3) is 2.96. The standard InChI is InChI=1S/C15H23N3O/c1-4-15(19-5-2)12(16)10-13-11-8-6-7-9-14(11)18(3)17-13/h6-9,12,15H,4-5,10,16H2,1-3H3. The lowest BCUT2D eigenvalue weighted by Crippen LogP contribution is -2.38. The number of aromatic nitrogens is 2. The van der Waals surface area contributed by atoms with E-state index in [1.807, 2.05) is 30.8 Å². The highest BCUT2D eigenvalue weighted by Gasteiger charge is 2.19. The molecule has 104 valence electrons. The van der Waals surface area contributed by atoms with E-state index in [0.29, 0.717) is 6.61 Å². The first-order chi connectivity index (χ1) is 9.17. The topological polar surface area (TPSA) is 53.1 Å². The van der Waals surface area contributed by atoms with Gasteiger partial charge in [-0.15, -0.1) is 0 Å². The van der Waals surface area contributed by atoms with Crippen LogP contribution < -0.4 is 5.73 Å².